The highest BCUT2D eigenvalue weighted by atomic mass is 15.1. The van der Waals surface area contributed by atoms with E-state index in [9.17, 15) is 0 Å². The van der Waals surface area contributed by atoms with E-state index in [0.717, 1.165) is 11.5 Å². The number of imidazole rings is 1. The Labute approximate surface area is 121 Å². The molecule has 2 aromatic rings. The molecule has 0 aliphatic carbocycles. The van der Waals surface area contributed by atoms with Gasteiger partial charge in [-0.15, -0.1) is 0 Å². The average molecular weight is 272 g/mol. The molecular formula is C16H24N4. The van der Waals surface area contributed by atoms with E-state index in [2.05, 4.69) is 35.2 Å². The maximum Gasteiger partial charge on any atom is 0.137 e. The zero-order valence-corrected chi connectivity index (χ0v) is 12.4. The van der Waals surface area contributed by atoms with Crippen molar-refractivity contribution < 1.29 is 0 Å². The fraction of sp³-hybridized carbons (Fsp3) is 0.500. The first-order chi connectivity index (χ1) is 9.79. The first kappa shape index (κ1) is 14.6. The van der Waals surface area contributed by atoms with Crippen molar-refractivity contribution in [3.8, 4) is 5.82 Å². The Bertz CT molecular complexity index is 476. The molecule has 0 saturated carbocycles. The molecule has 0 aromatic carbocycles. The van der Waals surface area contributed by atoms with E-state index in [-0.39, 0.29) is 0 Å². The maximum atomic E-state index is 4.44. The van der Waals surface area contributed by atoms with Crippen molar-refractivity contribution in [2.75, 3.05) is 5.32 Å². The lowest BCUT2D eigenvalue weighted by Crippen LogP contribution is -2.15. The van der Waals surface area contributed by atoms with Crippen molar-refractivity contribution in [3.05, 3.63) is 37.1 Å². The molecule has 0 fully saturated rings. The molecule has 2 rings (SSSR count). The second-order valence-electron chi connectivity index (χ2n) is 5.27. The molecule has 0 spiro atoms. The van der Waals surface area contributed by atoms with Gasteiger partial charge in [-0.1, -0.05) is 32.6 Å². The van der Waals surface area contributed by atoms with Crippen LogP contribution in [0.5, 0.6) is 0 Å². The predicted molar refractivity (Wildman–Crippen MR) is 83.2 cm³/mol. The van der Waals surface area contributed by atoms with Gasteiger partial charge in [0.05, 0.1) is 11.9 Å². The third-order valence-electron chi connectivity index (χ3n) is 3.42. The number of anilines is 1. The molecule has 1 atom stereocenters. The number of hydrogen-bond donors (Lipinski definition) is 1. The van der Waals surface area contributed by atoms with Crippen molar-refractivity contribution in [3.63, 3.8) is 0 Å². The highest BCUT2D eigenvalue weighted by Gasteiger charge is 2.03. The Balaban J connectivity index is 1.81. The molecule has 0 aliphatic heterocycles. The number of nitrogens with zero attached hydrogens (tertiary/aromatic N) is 3. The maximum absolute atomic E-state index is 4.44. The van der Waals surface area contributed by atoms with Crippen LogP contribution >= 0.6 is 0 Å². The summed E-state index contributed by atoms with van der Waals surface area (Å²) in [7, 11) is 0. The van der Waals surface area contributed by atoms with Crippen LogP contribution in [0.25, 0.3) is 5.82 Å². The summed E-state index contributed by atoms with van der Waals surface area (Å²) in [6.45, 7) is 4.48. The standard InChI is InChI=1S/C16H24N4/c1-3-4-5-6-7-14(2)19-15-8-9-16(18-12-15)20-11-10-17-13-20/h8-14,19H,3-7H2,1-2H3. The minimum absolute atomic E-state index is 0.493. The predicted octanol–water partition coefficient (Wildman–Crippen LogP) is 4.04. The summed E-state index contributed by atoms with van der Waals surface area (Å²) >= 11 is 0. The van der Waals surface area contributed by atoms with E-state index in [0.29, 0.717) is 6.04 Å². The number of rotatable bonds is 8. The molecule has 2 aromatic heterocycles. The van der Waals surface area contributed by atoms with Crippen LogP contribution in [0.15, 0.2) is 37.1 Å². The fourth-order valence-corrected chi connectivity index (χ4v) is 2.25. The molecule has 1 unspecified atom stereocenters. The van der Waals surface area contributed by atoms with E-state index in [1.54, 1.807) is 12.5 Å². The minimum atomic E-state index is 0.493. The van der Waals surface area contributed by atoms with Gasteiger partial charge in [0.15, 0.2) is 0 Å². The van der Waals surface area contributed by atoms with Gasteiger partial charge >= 0.3 is 0 Å². The average Bonchev–Trinajstić information content (AvgIpc) is 2.99. The van der Waals surface area contributed by atoms with E-state index in [1.807, 2.05) is 23.0 Å². The molecule has 20 heavy (non-hydrogen) atoms. The molecule has 0 amide bonds. The zero-order valence-electron chi connectivity index (χ0n) is 12.4. The van der Waals surface area contributed by atoms with Crippen LogP contribution < -0.4 is 5.32 Å². The second-order valence-corrected chi connectivity index (χ2v) is 5.27. The van der Waals surface area contributed by atoms with Gasteiger partial charge < -0.3 is 5.32 Å². The smallest absolute Gasteiger partial charge is 0.137 e. The molecule has 1 N–H and O–H groups in total. The first-order valence-corrected chi connectivity index (χ1v) is 7.50. The van der Waals surface area contributed by atoms with Gasteiger partial charge in [0, 0.05) is 18.4 Å². The van der Waals surface area contributed by atoms with Gasteiger partial charge in [0.2, 0.25) is 0 Å². The number of nitrogens with one attached hydrogen (secondary N) is 1. The van der Waals surface area contributed by atoms with Gasteiger partial charge in [0.25, 0.3) is 0 Å². The summed E-state index contributed by atoms with van der Waals surface area (Å²) in [5, 5.41) is 3.50. The largest absolute Gasteiger partial charge is 0.381 e. The Morgan fingerprint density at radius 3 is 2.80 bits per heavy atom. The van der Waals surface area contributed by atoms with Crippen LogP contribution in [-0.4, -0.2) is 20.6 Å². The van der Waals surface area contributed by atoms with Crippen LogP contribution in [-0.2, 0) is 0 Å². The van der Waals surface area contributed by atoms with Crippen molar-refractivity contribution in [2.24, 2.45) is 0 Å². The Morgan fingerprint density at radius 1 is 1.25 bits per heavy atom. The molecule has 108 valence electrons. The normalized spacial score (nSPS) is 12.3. The van der Waals surface area contributed by atoms with Gasteiger partial charge in [-0.3, -0.25) is 4.57 Å². The lowest BCUT2D eigenvalue weighted by atomic mass is 10.1. The van der Waals surface area contributed by atoms with Crippen molar-refractivity contribution in [1.82, 2.24) is 14.5 Å². The monoisotopic (exact) mass is 272 g/mol. The molecular weight excluding hydrogens is 248 g/mol. The Morgan fingerprint density at radius 2 is 2.15 bits per heavy atom. The van der Waals surface area contributed by atoms with Crippen LogP contribution in [0.2, 0.25) is 0 Å². The summed E-state index contributed by atoms with van der Waals surface area (Å²) < 4.78 is 1.90. The quantitative estimate of drug-likeness (QED) is 0.737. The lowest BCUT2D eigenvalue weighted by molar-refractivity contribution is 0.594. The van der Waals surface area contributed by atoms with Crippen LogP contribution in [0, 0.1) is 0 Å². The number of pyridine rings is 1. The molecule has 0 aliphatic rings. The van der Waals surface area contributed by atoms with Gasteiger partial charge in [-0.2, -0.15) is 0 Å². The molecule has 0 radical (unpaired) electrons. The summed E-state index contributed by atoms with van der Waals surface area (Å²) in [5.74, 6) is 0.892. The van der Waals surface area contributed by atoms with E-state index >= 15 is 0 Å². The summed E-state index contributed by atoms with van der Waals surface area (Å²) in [4.78, 5) is 8.47. The third kappa shape index (κ3) is 4.37. The fourth-order valence-electron chi connectivity index (χ4n) is 2.25. The molecule has 2 heterocycles. The molecule has 4 heteroatoms. The minimum Gasteiger partial charge on any atom is -0.381 e. The highest BCUT2D eigenvalue weighted by Crippen LogP contribution is 2.13. The Kier molecular flexibility index (Phi) is 5.59. The van der Waals surface area contributed by atoms with E-state index in [4.69, 9.17) is 0 Å². The number of aromatic nitrogens is 3. The number of hydrogen-bond acceptors (Lipinski definition) is 3. The topological polar surface area (TPSA) is 42.7 Å². The molecule has 0 bridgehead atoms. The first-order valence-electron chi connectivity index (χ1n) is 7.50. The van der Waals surface area contributed by atoms with Crippen molar-refractivity contribution >= 4 is 5.69 Å². The van der Waals surface area contributed by atoms with Crippen LogP contribution in [0.1, 0.15) is 46.0 Å². The van der Waals surface area contributed by atoms with Gasteiger partial charge in [0.1, 0.15) is 12.1 Å². The van der Waals surface area contributed by atoms with Crippen LogP contribution in [0.3, 0.4) is 0 Å². The van der Waals surface area contributed by atoms with Crippen LogP contribution in [0.4, 0.5) is 5.69 Å². The lowest BCUT2D eigenvalue weighted by Gasteiger charge is -2.15. The highest BCUT2D eigenvalue weighted by molar-refractivity contribution is 5.44. The van der Waals surface area contributed by atoms with Crippen molar-refractivity contribution in [2.45, 2.75) is 52.0 Å². The van der Waals surface area contributed by atoms with Crippen molar-refractivity contribution in [1.29, 1.82) is 0 Å². The van der Waals surface area contributed by atoms with E-state index < -0.39 is 0 Å². The summed E-state index contributed by atoms with van der Waals surface area (Å²) in [6, 6.07) is 4.58. The number of unbranched alkanes of at least 4 members (excludes halogenated alkanes) is 3. The third-order valence-corrected chi connectivity index (χ3v) is 3.42. The zero-order chi connectivity index (χ0) is 14.2. The summed E-state index contributed by atoms with van der Waals surface area (Å²) in [6.07, 6.45) is 13.8. The Hall–Kier alpha value is -1.84. The SMILES string of the molecule is CCCCCCC(C)Nc1ccc(-n2ccnc2)nc1. The second kappa shape index (κ2) is 7.68. The molecule has 0 saturated heterocycles. The van der Waals surface area contributed by atoms with E-state index in [1.165, 1.54) is 32.1 Å². The summed E-state index contributed by atoms with van der Waals surface area (Å²) in [5.41, 5.74) is 1.08. The van der Waals surface area contributed by atoms with Gasteiger partial charge in [-0.25, -0.2) is 9.97 Å². The van der Waals surface area contributed by atoms with Gasteiger partial charge in [-0.05, 0) is 25.5 Å². The molecule has 4 nitrogen and oxygen atoms in total.